The number of halogens is 3. The molecule has 2 nitrogen and oxygen atoms in total. The van der Waals surface area contributed by atoms with Gasteiger partial charge in [-0.25, -0.2) is 13.2 Å². The molecule has 0 radical (unpaired) electrons. The number of rotatable bonds is 6. The predicted molar refractivity (Wildman–Crippen MR) is 74.3 cm³/mol. The lowest BCUT2D eigenvalue weighted by Gasteiger charge is -2.12. The van der Waals surface area contributed by atoms with Gasteiger partial charge in [0.05, 0.1) is 6.10 Å². The molecule has 112 valence electrons. The van der Waals surface area contributed by atoms with E-state index in [0.717, 1.165) is 17.7 Å². The van der Waals surface area contributed by atoms with Gasteiger partial charge in [-0.2, -0.15) is 0 Å². The predicted octanol–water partition coefficient (Wildman–Crippen LogP) is 2.97. The summed E-state index contributed by atoms with van der Waals surface area (Å²) < 4.78 is 38.6. The molecule has 5 heteroatoms. The molecule has 0 aromatic heterocycles. The van der Waals surface area contributed by atoms with Crippen LogP contribution in [0.5, 0.6) is 0 Å². The molecular weight excluding hydrogens is 279 g/mol. The van der Waals surface area contributed by atoms with Crippen LogP contribution in [0.2, 0.25) is 0 Å². The van der Waals surface area contributed by atoms with E-state index in [9.17, 15) is 18.3 Å². The first-order valence-corrected chi connectivity index (χ1v) is 6.64. The van der Waals surface area contributed by atoms with Crippen molar-refractivity contribution in [3.05, 3.63) is 71.0 Å². The molecule has 0 saturated heterocycles. The first kappa shape index (κ1) is 15.5. The first-order valence-electron chi connectivity index (χ1n) is 6.64. The van der Waals surface area contributed by atoms with E-state index < -0.39 is 17.7 Å². The molecule has 0 spiro atoms. The number of benzene rings is 2. The van der Waals surface area contributed by atoms with Crippen LogP contribution in [-0.2, 0) is 6.42 Å². The fraction of sp³-hybridized carbons (Fsp3) is 0.250. The topological polar surface area (TPSA) is 32.3 Å². The first-order chi connectivity index (χ1) is 10.1. The van der Waals surface area contributed by atoms with Crippen molar-refractivity contribution in [3.63, 3.8) is 0 Å². The van der Waals surface area contributed by atoms with Crippen LogP contribution in [0.4, 0.5) is 13.2 Å². The van der Waals surface area contributed by atoms with E-state index in [-0.39, 0.29) is 12.4 Å². The van der Waals surface area contributed by atoms with Crippen LogP contribution in [0.1, 0.15) is 17.2 Å². The van der Waals surface area contributed by atoms with Gasteiger partial charge in [-0.05, 0) is 48.4 Å². The average Bonchev–Trinajstić information content (AvgIpc) is 2.48. The quantitative estimate of drug-likeness (QED) is 0.803. The summed E-state index contributed by atoms with van der Waals surface area (Å²) >= 11 is 0. The van der Waals surface area contributed by atoms with Gasteiger partial charge in [-0.1, -0.05) is 18.2 Å². The second-order valence-electron chi connectivity index (χ2n) is 4.77. The molecule has 1 unspecified atom stereocenters. The molecule has 1 atom stereocenters. The van der Waals surface area contributed by atoms with Gasteiger partial charge in [0.1, 0.15) is 5.82 Å². The third-order valence-electron chi connectivity index (χ3n) is 3.17. The normalized spacial score (nSPS) is 12.4. The van der Waals surface area contributed by atoms with Crippen LogP contribution in [0.15, 0.2) is 42.5 Å². The Morgan fingerprint density at radius 3 is 2.33 bits per heavy atom. The Bertz CT molecular complexity index is 587. The zero-order valence-electron chi connectivity index (χ0n) is 11.3. The Kier molecular flexibility index (Phi) is 5.36. The Balaban J connectivity index is 1.77. The monoisotopic (exact) mass is 295 g/mol. The minimum Gasteiger partial charge on any atom is -0.387 e. The van der Waals surface area contributed by atoms with Crippen molar-refractivity contribution < 1.29 is 18.3 Å². The second-order valence-corrected chi connectivity index (χ2v) is 4.77. The number of hydrogen-bond acceptors (Lipinski definition) is 2. The van der Waals surface area contributed by atoms with Gasteiger partial charge in [-0.15, -0.1) is 0 Å². The molecule has 2 aromatic carbocycles. The Morgan fingerprint density at radius 2 is 1.67 bits per heavy atom. The van der Waals surface area contributed by atoms with E-state index in [4.69, 9.17) is 0 Å². The van der Waals surface area contributed by atoms with Crippen LogP contribution in [-0.4, -0.2) is 18.2 Å². The highest BCUT2D eigenvalue weighted by atomic mass is 19.2. The van der Waals surface area contributed by atoms with Crippen molar-refractivity contribution in [1.82, 2.24) is 5.32 Å². The van der Waals surface area contributed by atoms with Crippen LogP contribution < -0.4 is 5.32 Å². The lowest BCUT2D eigenvalue weighted by atomic mass is 10.1. The molecule has 2 N–H and O–H groups in total. The highest BCUT2D eigenvalue weighted by Gasteiger charge is 2.10. The summed E-state index contributed by atoms with van der Waals surface area (Å²) in [6.45, 7) is 0.818. The molecule has 0 aliphatic carbocycles. The average molecular weight is 295 g/mol. The Morgan fingerprint density at radius 1 is 0.952 bits per heavy atom. The molecule has 2 rings (SSSR count). The summed E-state index contributed by atoms with van der Waals surface area (Å²) in [6, 6.07) is 9.52. The number of aliphatic hydroxyl groups excluding tert-OH is 1. The lowest BCUT2D eigenvalue weighted by Crippen LogP contribution is -2.23. The third-order valence-corrected chi connectivity index (χ3v) is 3.17. The van der Waals surface area contributed by atoms with E-state index in [1.165, 1.54) is 18.2 Å². The van der Waals surface area contributed by atoms with E-state index in [1.807, 2.05) is 0 Å². The highest BCUT2D eigenvalue weighted by molar-refractivity contribution is 5.20. The van der Waals surface area contributed by atoms with Gasteiger partial charge in [0.15, 0.2) is 11.6 Å². The number of nitrogens with one attached hydrogen (secondary N) is 1. The summed E-state index contributed by atoms with van der Waals surface area (Å²) in [5, 5.41) is 12.9. The standard InChI is InChI=1S/C16H16F3NO/c17-13-4-1-11(2-5-13)7-8-20-10-16(21)12-3-6-14(18)15(19)9-12/h1-6,9,16,20-21H,7-8,10H2. The minimum absolute atomic E-state index is 0.228. The summed E-state index contributed by atoms with van der Waals surface area (Å²) in [6.07, 6.45) is -0.224. The SMILES string of the molecule is OC(CNCCc1ccc(F)cc1)c1ccc(F)c(F)c1. The van der Waals surface area contributed by atoms with Crippen molar-refractivity contribution in [3.8, 4) is 0 Å². The lowest BCUT2D eigenvalue weighted by molar-refractivity contribution is 0.174. The summed E-state index contributed by atoms with van der Waals surface area (Å²) in [5.74, 6) is -2.19. The minimum atomic E-state index is -0.974. The van der Waals surface area contributed by atoms with Gasteiger partial charge in [0.25, 0.3) is 0 Å². The van der Waals surface area contributed by atoms with Crippen LogP contribution in [0.25, 0.3) is 0 Å². The third kappa shape index (κ3) is 4.58. The molecule has 0 amide bonds. The molecule has 2 aromatic rings. The summed E-state index contributed by atoms with van der Waals surface area (Å²) in [5.41, 5.74) is 1.30. The zero-order chi connectivity index (χ0) is 15.2. The van der Waals surface area contributed by atoms with Crippen molar-refractivity contribution in [2.75, 3.05) is 13.1 Å². The van der Waals surface area contributed by atoms with E-state index >= 15 is 0 Å². The summed E-state index contributed by atoms with van der Waals surface area (Å²) in [7, 11) is 0. The van der Waals surface area contributed by atoms with Gasteiger partial charge in [0, 0.05) is 6.54 Å². The molecule has 0 aliphatic heterocycles. The van der Waals surface area contributed by atoms with Gasteiger partial charge >= 0.3 is 0 Å². The molecule has 0 saturated carbocycles. The maximum Gasteiger partial charge on any atom is 0.159 e. The smallest absolute Gasteiger partial charge is 0.159 e. The van der Waals surface area contributed by atoms with Crippen molar-refractivity contribution >= 4 is 0 Å². The molecule has 21 heavy (non-hydrogen) atoms. The highest BCUT2D eigenvalue weighted by Crippen LogP contribution is 2.15. The van der Waals surface area contributed by atoms with E-state index in [1.54, 1.807) is 12.1 Å². The fourth-order valence-electron chi connectivity index (χ4n) is 1.96. The van der Waals surface area contributed by atoms with E-state index in [0.29, 0.717) is 18.5 Å². The molecule has 0 bridgehead atoms. The second kappa shape index (κ2) is 7.24. The Hall–Kier alpha value is -1.85. The van der Waals surface area contributed by atoms with Crippen LogP contribution in [0, 0.1) is 17.5 Å². The zero-order valence-corrected chi connectivity index (χ0v) is 11.3. The molecule has 0 heterocycles. The number of hydrogen-bond donors (Lipinski definition) is 2. The van der Waals surface area contributed by atoms with Gasteiger partial charge in [-0.3, -0.25) is 0 Å². The molecule has 0 aliphatic rings. The van der Waals surface area contributed by atoms with Crippen LogP contribution >= 0.6 is 0 Å². The van der Waals surface area contributed by atoms with Gasteiger partial charge in [0.2, 0.25) is 0 Å². The molecule has 0 fully saturated rings. The Labute approximate surface area is 121 Å². The van der Waals surface area contributed by atoms with Crippen molar-refractivity contribution in [2.45, 2.75) is 12.5 Å². The fourth-order valence-corrected chi connectivity index (χ4v) is 1.96. The van der Waals surface area contributed by atoms with Crippen molar-refractivity contribution in [2.24, 2.45) is 0 Å². The molecular formula is C16H16F3NO. The maximum atomic E-state index is 13.0. The van der Waals surface area contributed by atoms with Gasteiger partial charge < -0.3 is 10.4 Å². The van der Waals surface area contributed by atoms with Crippen LogP contribution in [0.3, 0.4) is 0 Å². The van der Waals surface area contributed by atoms with E-state index in [2.05, 4.69) is 5.32 Å². The summed E-state index contributed by atoms with van der Waals surface area (Å²) in [4.78, 5) is 0. The number of aliphatic hydroxyl groups is 1. The van der Waals surface area contributed by atoms with Crippen molar-refractivity contribution in [1.29, 1.82) is 0 Å². The largest absolute Gasteiger partial charge is 0.387 e. The maximum absolute atomic E-state index is 13.0.